The topological polar surface area (TPSA) is 164 Å². The van der Waals surface area contributed by atoms with Gasteiger partial charge in [-0.05, 0) is 20.8 Å². The van der Waals surface area contributed by atoms with Gasteiger partial charge in [0.2, 0.25) is 0 Å². The third kappa shape index (κ3) is 15.2. The van der Waals surface area contributed by atoms with Crippen LogP contribution < -0.4 is 0 Å². The monoisotopic (exact) mass is 975 g/mol. The molecule has 0 fully saturated rings. The zero-order chi connectivity index (χ0) is 48.8. The summed E-state index contributed by atoms with van der Waals surface area (Å²) in [6.07, 6.45) is -29.1. The van der Waals surface area contributed by atoms with E-state index in [0.29, 0.717) is 20.8 Å². The van der Waals surface area contributed by atoms with E-state index in [1.54, 1.807) is 0 Å². The first-order valence-electron chi connectivity index (χ1n) is 15.6. The molecule has 34 heteroatoms. The fourth-order valence-electron chi connectivity index (χ4n) is 3.86. The van der Waals surface area contributed by atoms with E-state index in [1.165, 1.54) is 0 Å². The van der Waals surface area contributed by atoms with Crippen LogP contribution in [-0.2, 0) is 52.9 Å². The van der Waals surface area contributed by atoms with E-state index in [-0.39, 0.29) is 0 Å². The molecule has 0 spiro atoms. The molecule has 0 saturated carbocycles. The van der Waals surface area contributed by atoms with Gasteiger partial charge in [0.05, 0.1) is 32.2 Å². The zero-order valence-corrected chi connectivity index (χ0v) is 30.9. The molecule has 5 unspecified atom stereocenters. The molecule has 0 rings (SSSR count). The van der Waals surface area contributed by atoms with E-state index in [4.69, 9.17) is 0 Å². The van der Waals surface area contributed by atoms with Crippen LogP contribution in [0.1, 0.15) is 27.2 Å². The Morgan fingerprint density at radius 3 is 1.00 bits per heavy atom. The molecule has 0 radical (unpaired) electrons. The highest BCUT2D eigenvalue weighted by Crippen LogP contribution is 2.48. The quantitative estimate of drug-likeness (QED) is 0.0463. The number of carbonyl (C=O) groups is 3. The average Bonchev–Trinajstić information content (AvgIpc) is 3.01. The summed E-state index contributed by atoms with van der Waals surface area (Å²) in [5.41, 5.74) is 0. The Bertz CT molecular complexity index is 1580. The Hall–Kier alpha value is -3.27. The van der Waals surface area contributed by atoms with Crippen molar-refractivity contribution in [2.24, 2.45) is 5.92 Å². The summed E-state index contributed by atoms with van der Waals surface area (Å²) in [7, 11) is -6.48. The Balaban J connectivity index is 6.34. The van der Waals surface area contributed by atoms with Gasteiger partial charge in [-0.25, -0.2) is 8.42 Å². The van der Waals surface area contributed by atoms with E-state index >= 15 is 0 Å². The minimum Gasteiger partial charge on any atom is -0.747 e. The van der Waals surface area contributed by atoms with Crippen LogP contribution >= 0.6 is 0 Å². The maximum Gasteiger partial charge on any atom is 0.459 e. The van der Waals surface area contributed by atoms with Crippen LogP contribution in [0.5, 0.6) is 0 Å². The molecule has 0 aliphatic rings. The van der Waals surface area contributed by atoms with Gasteiger partial charge in [0.1, 0.15) is 48.3 Å². The maximum absolute atomic E-state index is 13.5. The SMILES string of the molecule is CC(COCC(F)(F)C(F)(F)C(F)(F)F)OC(=O)CC(C(=O)OC(C)COCC(F)(F)C(F)(F)C(F)(F)F)C(C(=O)OC(C)COCC(F)(F)C(F)(F)C(F)(F)F)S(=O)(=O)[O-]. The maximum atomic E-state index is 13.5. The van der Waals surface area contributed by atoms with Crippen molar-refractivity contribution in [2.75, 3.05) is 39.6 Å². The number of rotatable bonds is 24. The Kier molecular flexibility index (Phi) is 19.0. The number of hydrogen-bond acceptors (Lipinski definition) is 12. The molecule has 0 N–H and O–H groups in total. The number of halogens is 21. The molecule has 12 nitrogen and oxygen atoms in total. The summed E-state index contributed by atoms with van der Waals surface area (Å²) in [5, 5.41) is -3.66. The summed E-state index contributed by atoms with van der Waals surface area (Å²) in [5.74, 6) is -48.3. The minimum absolute atomic E-state index is 0.487. The molecule has 362 valence electrons. The third-order valence-corrected chi connectivity index (χ3v) is 8.06. The van der Waals surface area contributed by atoms with Crippen LogP contribution in [0.15, 0.2) is 0 Å². The molecular formula is C27H28F21O12S-. The Labute approximate surface area is 326 Å². The van der Waals surface area contributed by atoms with Crippen molar-refractivity contribution in [3.8, 4) is 0 Å². The van der Waals surface area contributed by atoms with Gasteiger partial charge in [-0.3, -0.25) is 14.4 Å². The van der Waals surface area contributed by atoms with Crippen LogP contribution in [0.2, 0.25) is 0 Å². The molecule has 0 aromatic heterocycles. The lowest BCUT2D eigenvalue weighted by Crippen LogP contribution is -2.54. The van der Waals surface area contributed by atoms with Gasteiger partial charge in [0.15, 0.2) is 5.25 Å². The highest BCUT2D eigenvalue weighted by molar-refractivity contribution is 7.87. The van der Waals surface area contributed by atoms with Crippen LogP contribution in [-0.4, -0.2) is 148 Å². The molecule has 0 heterocycles. The van der Waals surface area contributed by atoms with Gasteiger partial charge in [0.25, 0.3) is 0 Å². The van der Waals surface area contributed by atoms with Gasteiger partial charge in [-0.1, -0.05) is 0 Å². The highest BCUT2D eigenvalue weighted by Gasteiger charge is 2.75. The van der Waals surface area contributed by atoms with Crippen LogP contribution in [0.4, 0.5) is 92.2 Å². The zero-order valence-electron chi connectivity index (χ0n) is 30.1. The number of esters is 3. The van der Waals surface area contributed by atoms with Crippen molar-refractivity contribution < 1.29 is 148 Å². The van der Waals surface area contributed by atoms with Gasteiger partial charge >= 0.3 is 72.0 Å². The summed E-state index contributed by atoms with van der Waals surface area (Å²) < 4.78 is 332. The fourth-order valence-corrected chi connectivity index (χ4v) is 4.76. The van der Waals surface area contributed by atoms with Crippen molar-refractivity contribution in [1.82, 2.24) is 0 Å². The van der Waals surface area contributed by atoms with Crippen LogP contribution in [0.3, 0.4) is 0 Å². The van der Waals surface area contributed by atoms with Gasteiger partial charge < -0.3 is 33.0 Å². The van der Waals surface area contributed by atoms with E-state index in [9.17, 15) is 120 Å². The number of ether oxygens (including phenoxy) is 6. The Morgan fingerprint density at radius 2 is 0.738 bits per heavy atom. The largest absolute Gasteiger partial charge is 0.747 e. The molecule has 61 heavy (non-hydrogen) atoms. The van der Waals surface area contributed by atoms with E-state index in [1.807, 2.05) is 0 Å². The first-order valence-corrected chi connectivity index (χ1v) is 17.0. The third-order valence-electron chi connectivity index (χ3n) is 6.92. The molecule has 0 saturated heterocycles. The van der Waals surface area contributed by atoms with Gasteiger partial charge in [0, 0.05) is 0 Å². The average molecular weight is 976 g/mol. The Morgan fingerprint density at radius 1 is 0.475 bits per heavy atom. The molecule has 0 amide bonds. The molecule has 0 bridgehead atoms. The second kappa shape index (κ2) is 20.1. The molecule has 0 aromatic carbocycles. The highest BCUT2D eigenvalue weighted by atomic mass is 32.2. The lowest BCUT2D eigenvalue weighted by Gasteiger charge is -2.30. The first-order chi connectivity index (χ1) is 26.8. The summed E-state index contributed by atoms with van der Waals surface area (Å²) in [6.45, 7) is -11.5. The fraction of sp³-hybridized carbons (Fsp3) is 0.889. The van der Waals surface area contributed by atoms with Crippen LogP contribution in [0.25, 0.3) is 0 Å². The molecule has 0 aromatic rings. The smallest absolute Gasteiger partial charge is 0.459 e. The van der Waals surface area contributed by atoms with Crippen LogP contribution in [0, 0.1) is 5.92 Å². The normalized spacial score (nSPS) is 16.9. The van der Waals surface area contributed by atoms with E-state index in [0.717, 1.165) is 0 Å². The lowest BCUT2D eigenvalue weighted by molar-refractivity contribution is -0.362. The number of alkyl halides is 21. The second-order valence-electron chi connectivity index (χ2n) is 12.4. The summed E-state index contributed by atoms with van der Waals surface area (Å²) in [4.78, 5) is 38.3. The second-order valence-corrected chi connectivity index (χ2v) is 13.9. The van der Waals surface area contributed by atoms with Crippen molar-refractivity contribution in [1.29, 1.82) is 0 Å². The van der Waals surface area contributed by atoms with Crippen molar-refractivity contribution in [2.45, 2.75) is 105 Å². The molecule has 0 aliphatic carbocycles. The van der Waals surface area contributed by atoms with E-state index < -0.39 is 158 Å². The summed E-state index contributed by atoms with van der Waals surface area (Å²) >= 11 is 0. The van der Waals surface area contributed by atoms with E-state index in [2.05, 4.69) is 28.4 Å². The number of hydrogen-bond donors (Lipinski definition) is 0. The lowest BCUT2D eigenvalue weighted by atomic mass is 10.0. The minimum atomic E-state index is -6.85. The number of carbonyl (C=O) groups excluding carboxylic acids is 3. The van der Waals surface area contributed by atoms with Crippen molar-refractivity contribution in [3.05, 3.63) is 0 Å². The van der Waals surface area contributed by atoms with Gasteiger partial charge in [-0.2, -0.15) is 92.2 Å². The molecular weight excluding hydrogens is 947 g/mol. The predicted octanol–water partition coefficient (Wildman–Crippen LogP) is 6.25. The predicted molar refractivity (Wildman–Crippen MR) is 149 cm³/mol. The van der Waals surface area contributed by atoms with Crippen molar-refractivity contribution >= 4 is 28.0 Å². The molecule has 0 aliphatic heterocycles. The molecule has 5 atom stereocenters. The standard InChI is InChI=1S/C27H29F21O12S/c1-11(5-55-8-19(28,29)22(34,35)25(40,41)42)58-15(49)4-14(17(50)59-12(2)6-56-9-20(30,31)23(36,37)26(43,44)45)16(61(52,53)54)18(51)60-13(3)7-57-10-21(32,33)24(38,39)27(46,47)48/h11-14,16H,4-10H2,1-3H3,(H,52,53,54)/p-1. The first kappa shape index (κ1) is 57.7. The van der Waals surface area contributed by atoms with Crippen molar-refractivity contribution in [3.63, 3.8) is 0 Å². The summed E-state index contributed by atoms with van der Waals surface area (Å²) in [6, 6.07) is 0. The van der Waals surface area contributed by atoms with Gasteiger partial charge in [-0.15, -0.1) is 0 Å².